The molecule has 0 aromatic rings. The second-order valence-corrected chi connectivity index (χ2v) is 6.44. The van der Waals surface area contributed by atoms with Crippen molar-refractivity contribution in [3.63, 3.8) is 0 Å². The van der Waals surface area contributed by atoms with E-state index in [0.29, 0.717) is 6.10 Å². The quantitative estimate of drug-likeness (QED) is 0.828. The van der Waals surface area contributed by atoms with Gasteiger partial charge in [0.25, 0.3) is 0 Å². The highest BCUT2D eigenvalue weighted by atomic mass is 16.5. The molecule has 0 spiro atoms. The highest BCUT2D eigenvalue weighted by molar-refractivity contribution is 4.87. The Morgan fingerprint density at radius 2 is 2.22 bits per heavy atom. The summed E-state index contributed by atoms with van der Waals surface area (Å²) in [5.74, 6) is 0.970. The Balaban J connectivity index is 1.38. The normalized spacial score (nSPS) is 41.2. The van der Waals surface area contributed by atoms with E-state index < -0.39 is 0 Å². The van der Waals surface area contributed by atoms with Gasteiger partial charge in [0.05, 0.1) is 12.7 Å². The lowest BCUT2D eigenvalue weighted by Gasteiger charge is -2.35. The molecule has 3 nitrogen and oxygen atoms in total. The van der Waals surface area contributed by atoms with Gasteiger partial charge in [0.2, 0.25) is 0 Å². The van der Waals surface area contributed by atoms with Gasteiger partial charge in [-0.05, 0) is 44.6 Å². The van der Waals surface area contributed by atoms with Gasteiger partial charge in [-0.15, -0.1) is 0 Å². The molecule has 0 radical (unpaired) electrons. The Bertz CT molecular complexity index is 271. The van der Waals surface area contributed by atoms with Crippen LogP contribution in [0.15, 0.2) is 0 Å². The van der Waals surface area contributed by atoms with Crippen LogP contribution in [0.25, 0.3) is 0 Å². The third kappa shape index (κ3) is 2.89. The lowest BCUT2D eigenvalue weighted by atomic mass is 10.1. The summed E-state index contributed by atoms with van der Waals surface area (Å²) in [5.41, 5.74) is 0. The van der Waals surface area contributed by atoms with Crippen molar-refractivity contribution >= 4 is 0 Å². The van der Waals surface area contributed by atoms with Crippen LogP contribution < -0.4 is 5.32 Å². The van der Waals surface area contributed by atoms with E-state index in [1.807, 2.05) is 0 Å². The summed E-state index contributed by atoms with van der Waals surface area (Å²) in [6.07, 6.45) is 8.69. The second-order valence-electron chi connectivity index (χ2n) is 6.44. The van der Waals surface area contributed by atoms with Crippen LogP contribution in [0.5, 0.6) is 0 Å². The van der Waals surface area contributed by atoms with Gasteiger partial charge in [-0.2, -0.15) is 0 Å². The first kappa shape index (κ1) is 12.9. The summed E-state index contributed by atoms with van der Waals surface area (Å²) in [5, 5.41) is 3.74. The van der Waals surface area contributed by atoms with E-state index in [1.165, 1.54) is 45.1 Å². The number of fused-ring (bicyclic) bond motifs is 1. The standard InChI is InChI=1S/C15H28N2O/c1-2-12-5-6-13(8-12)16-9-15-10-17-7-3-4-14(17)11-18-15/h12-16H,2-11H2,1H3. The van der Waals surface area contributed by atoms with Crippen LogP contribution in [0.1, 0.15) is 45.4 Å². The molecule has 0 aromatic carbocycles. The van der Waals surface area contributed by atoms with E-state index in [0.717, 1.165) is 37.7 Å². The van der Waals surface area contributed by atoms with Gasteiger partial charge in [0.1, 0.15) is 0 Å². The van der Waals surface area contributed by atoms with Crippen LogP contribution >= 0.6 is 0 Å². The van der Waals surface area contributed by atoms with Crippen molar-refractivity contribution in [2.45, 2.75) is 63.6 Å². The molecule has 3 heteroatoms. The Kier molecular flexibility index (Phi) is 4.22. The molecule has 1 saturated carbocycles. The molecule has 1 aliphatic carbocycles. The highest BCUT2D eigenvalue weighted by Crippen LogP contribution is 2.28. The molecule has 0 aromatic heterocycles. The van der Waals surface area contributed by atoms with Crippen LogP contribution in [0.4, 0.5) is 0 Å². The predicted molar refractivity (Wildman–Crippen MR) is 73.8 cm³/mol. The zero-order chi connectivity index (χ0) is 12.4. The largest absolute Gasteiger partial charge is 0.374 e. The van der Waals surface area contributed by atoms with Crippen molar-refractivity contribution in [1.82, 2.24) is 10.2 Å². The minimum absolute atomic E-state index is 0.431. The maximum atomic E-state index is 6.00. The van der Waals surface area contributed by atoms with Gasteiger partial charge in [0.15, 0.2) is 0 Å². The highest BCUT2D eigenvalue weighted by Gasteiger charge is 2.32. The third-order valence-corrected chi connectivity index (χ3v) is 5.21. The number of hydrogen-bond acceptors (Lipinski definition) is 3. The van der Waals surface area contributed by atoms with E-state index in [4.69, 9.17) is 4.74 Å². The van der Waals surface area contributed by atoms with Gasteiger partial charge in [0, 0.05) is 25.2 Å². The molecule has 2 heterocycles. The van der Waals surface area contributed by atoms with E-state index in [2.05, 4.69) is 17.1 Å². The maximum absolute atomic E-state index is 6.00. The van der Waals surface area contributed by atoms with Crippen molar-refractivity contribution in [1.29, 1.82) is 0 Å². The van der Waals surface area contributed by atoms with Gasteiger partial charge in [-0.1, -0.05) is 13.3 Å². The van der Waals surface area contributed by atoms with Gasteiger partial charge >= 0.3 is 0 Å². The molecule has 2 saturated heterocycles. The first-order valence-corrected chi connectivity index (χ1v) is 7.94. The fourth-order valence-electron chi connectivity index (χ4n) is 3.94. The molecule has 2 aliphatic heterocycles. The van der Waals surface area contributed by atoms with E-state index in [9.17, 15) is 0 Å². The zero-order valence-corrected chi connectivity index (χ0v) is 11.7. The smallest absolute Gasteiger partial charge is 0.0827 e. The van der Waals surface area contributed by atoms with Crippen LogP contribution in [-0.4, -0.2) is 49.3 Å². The molecular weight excluding hydrogens is 224 g/mol. The van der Waals surface area contributed by atoms with Crippen LogP contribution in [0.2, 0.25) is 0 Å². The molecular formula is C15H28N2O. The second kappa shape index (κ2) is 5.89. The fourth-order valence-corrected chi connectivity index (χ4v) is 3.94. The van der Waals surface area contributed by atoms with Gasteiger partial charge in [-0.3, -0.25) is 4.90 Å². The molecule has 4 atom stereocenters. The molecule has 3 fully saturated rings. The number of ether oxygens (including phenoxy) is 1. The van der Waals surface area contributed by atoms with Crippen LogP contribution in [0, 0.1) is 5.92 Å². The Morgan fingerprint density at radius 1 is 1.28 bits per heavy atom. The summed E-state index contributed by atoms with van der Waals surface area (Å²) in [7, 11) is 0. The predicted octanol–water partition coefficient (Wildman–Crippen LogP) is 2.02. The fraction of sp³-hybridized carbons (Fsp3) is 1.00. The Labute approximate surface area is 111 Å². The number of nitrogens with one attached hydrogen (secondary N) is 1. The number of rotatable bonds is 4. The molecule has 1 N–H and O–H groups in total. The van der Waals surface area contributed by atoms with E-state index in [1.54, 1.807) is 0 Å². The summed E-state index contributed by atoms with van der Waals surface area (Å²) in [4.78, 5) is 2.64. The lowest BCUT2D eigenvalue weighted by Crippen LogP contribution is -2.50. The Morgan fingerprint density at radius 3 is 3.06 bits per heavy atom. The van der Waals surface area contributed by atoms with Crippen molar-refractivity contribution in [3.05, 3.63) is 0 Å². The molecule has 4 unspecified atom stereocenters. The van der Waals surface area contributed by atoms with Crippen molar-refractivity contribution in [3.8, 4) is 0 Å². The molecule has 0 bridgehead atoms. The summed E-state index contributed by atoms with van der Waals surface area (Å²) in [6, 6.07) is 1.49. The number of hydrogen-bond donors (Lipinski definition) is 1. The third-order valence-electron chi connectivity index (χ3n) is 5.21. The lowest BCUT2D eigenvalue weighted by molar-refractivity contribution is -0.0478. The first-order valence-electron chi connectivity index (χ1n) is 7.94. The minimum Gasteiger partial charge on any atom is -0.374 e. The molecule has 104 valence electrons. The molecule has 3 aliphatic rings. The minimum atomic E-state index is 0.431. The number of morpholine rings is 1. The molecule has 0 amide bonds. The van der Waals surface area contributed by atoms with Crippen LogP contribution in [-0.2, 0) is 4.74 Å². The van der Waals surface area contributed by atoms with E-state index in [-0.39, 0.29) is 0 Å². The van der Waals surface area contributed by atoms with Crippen molar-refractivity contribution < 1.29 is 4.74 Å². The average molecular weight is 252 g/mol. The summed E-state index contributed by atoms with van der Waals surface area (Å²) < 4.78 is 6.00. The first-order chi connectivity index (χ1) is 8.85. The summed E-state index contributed by atoms with van der Waals surface area (Å²) >= 11 is 0. The average Bonchev–Trinajstić information content (AvgIpc) is 3.04. The zero-order valence-electron chi connectivity index (χ0n) is 11.7. The topological polar surface area (TPSA) is 24.5 Å². The van der Waals surface area contributed by atoms with Crippen molar-refractivity contribution in [2.75, 3.05) is 26.2 Å². The Hall–Kier alpha value is -0.120. The monoisotopic (exact) mass is 252 g/mol. The van der Waals surface area contributed by atoms with Gasteiger partial charge in [-0.25, -0.2) is 0 Å². The molecule has 18 heavy (non-hydrogen) atoms. The number of nitrogens with zero attached hydrogens (tertiary/aromatic N) is 1. The van der Waals surface area contributed by atoms with Gasteiger partial charge < -0.3 is 10.1 Å². The van der Waals surface area contributed by atoms with E-state index >= 15 is 0 Å². The molecule has 3 rings (SSSR count). The summed E-state index contributed by atoms with van der Waals surface area (Å²) in [6.45, 7) is 6.80. The van der Waals surface area contributed by atoms with Crippen molar-refractivity contribution in [2.24, 2.45) is 5.92 Å². The maximum Gasteiger partial charge on any atom is 0.0827 e. The SMILES string of the molecule is CCC1CCC(NCC2CN3CCCC3CO2)C1. The van der Waals surface area contributed by atoms with Crippen LogP contribution in [0.3, 0.4) is 0 Å².